The fraction of sp³-hybridized carbons (Fsp3) is 0.412. The van der Waals surface area contributed by atoms with Gasteiger partial charge in [-0.3, -0.25) is 0 Å². The molecule has 0 N–H and O–H groups in total. The highest BCUT2D eigenvalue weighted by Crippen LogP contribution is 2.30. The Hall–Kier alpha value is -3.55. The minimum absolute atomic E-state index is 0.0453. The zero-order valence-corrected chi connectivity index (χ0v) is 14.7. The van der Waals surface area contributed by atoms with E-state index in [4.69, 9.17) is 15.0 Å². The Labute approximate surface area is 151 Å². The molecule has 1 saturated heterocycles. The summed E-state index contributed by atoms with van der Waals surface area (Å²) in [6, 6.07) is 9.53. The topological polar surface area (TPSA) is 121 Å². The summed E-state index contributed by atoms with van der Waals surface area (Å²) in [6.45, 7) is 2.55. The van der Waals surface area contributed by atoms with Crippen LogP contribution in [0.4, 0.5) is 0 Å². The molecule has 0 radical (unpaired) electrons. The summed E-state index contributed by atoms with van der Waals surface area (Å²) >= 11 is 0. The predicted molar refractivity (Wildman–Crippen MR) is 93.8 cm³/mol. The van der Waals surface area contributed by atoms with Crippen molar-refractivity contribution >= 4 is 0 Å². The number of nitriles is 2. The molecule has 1 aromatic carbocycles. The van der Waals surface area contributed by atoms with Crippen molar-refractivity contribution in [1.82, 2.24) is 9.80 Å². The molecule has 0 aromatic heterocycles. The number of hydrogen-bond donors (Lipinski definition) is 0. The van der Waals surface area contributed by atoms with Crippen LogP contribution in [0.25, 0.3) is 10.4 Å². The van der Waals surface area contributed by atoms with E-state index in [9.17, 15) is 10.5 Å². The fourth-order valence-electron chi connectivity index (χ4n) is 2.88. The Morgan fingerprint density at radius 2 is 1.88 bits per heavy atom. The molecule has 1 aliphatic rings. The highest BCUT2D eigenvalue weighted by molar-refractivity contribution is 5.44. The third-order valence-corrected chi connectivity index (χ3v) is 4.04. The molecule has 1 aliphatic heterocycles. The maximum atomic E-state index is 9.31. The number of methoxy groups -OCH3 is 2. The van der Waals surface area contributed by atoms with Gasteiger partial charge in [-0.15, -0.1) is 0 Å². The van der Waals surface area contributed by atoms with E-state index < -0.39 is 0 Å². The Morgan fingerprint density at radius 3 is 2.50 bits per heavy atom. The van der Waals surface area contributed by atoms with Gasteiger partial charge in [-0.1, -0.05) is 11.2 Å². The minimum Gasteiger partial charge on any atom is -0.493 e. The van der Waals surface area contributed by atoms with Gasteiger partial charge in [0, 0.05) is 37.6 Å². The molecular weight excluding hydrogens is 334 g/mol. The normalized spacial score (nSPS) is 12.8. The molecule has 1 fully saturated rings. The highest BCUT2D eigenvalue weighted by atomic mass is 16.5. The van der Waals surface area contributed by atoms with Gasteiger partial charge in [-0.25, -0.2) is 0 Å². The van der Waals surface area contributed by atoms with Gasteiger partial charge < -0.3 is 19.3 Å². The van der Waals surface area contributed by atoms with E-state index in [1.807, 2.05) is 40.1 Å². The van der Waals surface area contributed by atoms with Crippen LogP contribution < -0.4 is 9.47 Å². The number of hydrogen-bond acceptors (Lipinski definition) is 7. The molecule has 0 aliphatic carbocycles. The molecule has 0 unspecified atom stereocenters. The van der Waals surface area contributed by atoms with Gasteiger partial charge in [0.15, 0.2) is 17.1 Å². The van der Waals surface area contributed by atoms with Gasteiger partial charge in [0.25, 0.3) is 0 Å². The lowest BCUT2D eigenvalue weighted by Crippen LogP contribution is -2.26. The predicted octanol–water partition coefficient (Wildman–Crippen LogP) is 2.39. The first-order chi connectivity index (χ1) is 12.7. The van der Waals surface area contributed by atoms with Gasteiger partial charge in [-0.05, 0) is 23.2 Å². The van der Waals surface area contributed by atoms with E-state index in [1.54, 1.807) is 14.2 Å². The van der Waals surface area contributed by atoms with Crippen LogP contribution in [0.2, 0.25) is 0 Å². The highest BCUT2D eigenvalue weighted by Gasteiger charge is 2.28. The molecule has 9 heteroatoms. The maximum Gasteiger partial charge on any atom is 0.169 e. The van der Waals surface area contributed by atoms with E-state index >= 15 is 0 Å². The average molecular weight is 353 g/mol. The van der Waals surface area contributed by atoms with Crippen molar-refractivity contribution in [3.8, 4) is 23.6 Å². The molecule has 2 rings (SSSR count). The Kier molecular flexibility index (Phi) is 6.55. The lowest BCUT2D eigenvalue weighted by Gasteiger charge is -2.25. The van der Waals surface area contributed by atoms with E-state index in [0.29, 0.717) is 43.5 Å². The second-order valence-electron chi connectivity index (χ2n) is 5.47. The summed E-state index contributed by atoms with van der Waals surface area (Å²) in [5.41, 5.74) is 9.45. The van der Waals surface area contributed by atoms with E-state index in [-0.39, 0.29) is 12.1 Å². The first kappa shape index (κ1) is 18.8. The fourth-order valence-corrected chi connectivity index (χ4v) is 2.88. The summed E-state index contributed by atoms with van der Waals surface area (Å²) in [7, 11) is 3.15. The van der Waals surface area contributed by atoms with Gasteiger partial charge in [0.05, 0.1) is 14.2 Å². The van der Waals surface area contributed by atoms with Crippen LogP contribution in [0.5, 0.6) is 11.5 Å². The number of ether oxygens (including phenoxy) is 2. The molecule has 0 spiro atoms. The van der Waals surface area contributed by atoms with Crippen LogP contribution in [0.15, 0.2) is 34.7 Å². The van der Waals surface area contributed by atoms with Gasteiger partial charge in [-0.2, -0.15) is 10.5 Å². The Balaban J connectivity index is 2.28. The second-order valence-corrected chi connectivity index (χ2v) is 5.47. The van der Waals surface area contributed by atoms with Gasteiger partial charge >= 0.3 is 0 Å². The quantitative estimate of drug-likeness (QED) is 0.321. The van der Waals surface area contributed by atoms with Crippen molar-refractivity contribution in [2.45, 2.75) is 6.54 Å². The second kappa shape index (κ2) is 9.07. The Morgan fingerprint density at radius 1 is 1.19 bits per heavy atom. The number of benzene rings is 1. The molecule has 0 atom stereocenters. The maximum absolute atomic E-state index is 9.31. The van der Waals surface area contributed by atoms with Crippen LogP contribution in [-0.4, -0.2) is 50.2 Å². The average Bonchev–Trinajstić information content (AvgIpc) is 3.05. The van der Waals surface area contributed by atoms with Crippen molar-refractivity contribution in [2.75, 3.05) is 40.4 Å². The lowest BCUT2D eigenvalue weighted by atomic mass is 10.2. The van der Waals surface area contributed by atoms with Crippen molar-refractivity contribution in [2.24, 2.45) is 5.11 Å². The largest absolute Gasteiger partial charge is 0.493 e. The van der Waals surface area contributed by atoms with Crippen molar-refractivity contribution in [3.63, 3.8) is 0 Å². The summed E-state index contributed by atoms with van der Waals surface area (Å²) in [4.78, 5) is 6.61. The van der Waals surface area contributed by atoms with Gasteiger partial charge in [0.2, 0.25) is 0 Å². The standard InChI is InChI=1S/C17H19N7O2/c1-25-15-4-3-13(9-16(15)26-2)12-24-8-7-23(6-5-21-22-20)17(24)14(10-18)11-19/h3-4,9H,5-8,12H2,1-2H3. The third-order valence-electron chi connectivity index (χ3n) is 4.04. The monoisotopic (exact) mass is 353 g/mol. The molecule has 0 bridgehead atoms. The Bertz CT molecular complexity index is 799. The van der Waals surface area contributed by atoms with Crippen LogP contribution in [0.1, 0.15) is 5.56 Å². The third kappa shape index (κ3) is 4.10. The number of rotatable bonds is 7. The van der Waals surface area contributed by atoms with Crippen molar-refractivity contribution in [1.29, 1.82) is 10.5 Å². The van der Waals surface area contributed by atoms with E-state index in [1.165, 1.54) is 0 Å². The molecule has 1 heterocycles. The van der Waals surface area contributed by atoms with Crippen LogP contribution >= 0.6 is 0 Å². The summed E-state index contributed by atoms with van der Waals surface area (Å²) in [5, 5.41) is 22.1. The van der Waals surface area contributed by atoms with Crippen molar-refractivity contribution < 1.29 is 9.47 Å². The SMILES string of the molecule is COc1ccc(CN2CCN(CCN=[N+]=[N-])C2=C(C#N)C#N)cc1OC. The summed E-state index contributed by atoms with van der Waals surface area (Å²) < 4.78 is 10.6. The van der Waals surface area contributed by atoms with Crippen LogP contribution in [0, 0.1) is 22.7 Å². The molecule has 0 saturated carbocycles. The van der Waals surface area contributed by atoms with Crippen molar-refractivity contribution in [3.05, 3.63) is 45.6 Å². The number of nitrogens with zero attached hydrogens (tertiary/aromatic N) is 7. The lowest BCUT2D eigenvalue weighted by molar-refractivity contribution is 0.330. The molecule has 1 aromatic rings. The van der Waals surface area contributed by atoms with Crippen LogP contribution in [0.3, 0.4) is 0 Å². The minimum atomic E-state index is 0.0453. The molecular formula is C17H19N7O2. The van der Waals surface area contributed by atoms with E-state index in [2.05, 4.69) is 10.0 Å². The molecule has 26 heavy (non-hydrogen) atoms. The molecule has 9 nitrogen and oxygen atoms in total. The zero-order chi connectivity index (χ0) is 18.9. The van der Waals surface area contributed by atoms with Crippen LogP contribution in [-0.2, 0) is 6.54 Å². The first-order valence-corrected chi connectivity index (χ1v) is 7.94. The smallest absolute Gasteiger partial charge is 0.169 e. The number of allylic oxidation sites excluding steroid dienone is 1. The zero-order valence-electron chi connectivity index (χ0n) is 14.7. The van der Waals surface area contributed by atoms with Gasteiger partial charge in [0.1, 0.15) is 18.0 Å². The summed E-state index contributed by atoms with van der Waals surface area (Å²) in [6.07, 6.45) is 0. The van der Waals surface area contributed by atoms with E-state index in [0.717, 1.165) is 5.56 Å². The molecule has 134 valence electrons. The number of azide groups is 1. The summed E-state index contributed by atoms with van der Waals surface area (Å²) in [5.74, 6) is 1.83. The first-order valence-electron chi connectivity index (χ1n) is 7.94. The molecule has 0 amide bonds.